The third-order valence-electron chi connectivity index (χ3n) is 1.75. The standard InChI is InChI=1S/C10H14NOSe/c1-11(2)7-8-6-9(12-3)4-5-10(8)13/h4-6H,7H2,1-3H3. The molecule has 0 saturated heterocycles. The van der Waals surface area contributed by atoms with Crippen molar-refractivity contribution < 1.29 is 4.74 Å². The van der Waals surface area contributed by atoms with E-state index >= 15 is 0 Å². The first-order valence-electron chi connectivity index (χ1n) is 4.12. The van der Waals surface area contributed by atoms with E-state index in [2.05, 4.69) is 41.1 Å². The molecule has 0 unspecified atom stereocenters. The quantitative estimate of drug-likeness (QED) is 0.719. The van der Waals surface area contributed by atoms with E-state index < -0.39 is 0 Å². The van der Waals surface area contributed by atoms with E-state index in [1.54, 1.807) is 7.11 Å². The number of hydrogen-bond acceptors (Lipinski definition) is 2. The summed E-state index contributed by atoms with van der Waals surface area (Å²) in [5.74, 6) is 0.913. The summed E-state index contributed by atoms with van der Waals surface area (Å²) in [5, 5.41) is 0. The normalized spacial score (nSPS) is 10.5. The van der Waals surface area contributed by atoms with Crippen LogP contribution in [0.3, 0.4) is 0 Å². The molecule has 0 N–H and O–H groups in total. The Balaban J connectivity index is 2.90. The van der Waals surface area contributed by atoms with Crippen molar-refractivity contribution >= 4 is 20.5 Å². The van der Waals surface area contributed by atoms with Gasteiger partial charge in [-0.05, 0) is 0 Å². The summed E-state index contributed by atoms with van der Waals surface area (Å²) >= 11 is 3.05. The molecule has 1 rings (SSSR count). The van der Waals surface area contributed by atoms with Crippen LogP contribution in [-0.4, -0.2) is 42.1 Å². The first-order valence-corrected chi connectivity index (χ1v) is 4.98. The molecule has 0 amide bonds. The molecule has 0 fully saturated rings. The van der Waals surface area contributed by atoms with Gasteiger partial charge in [0.2, 0.25) is 0 Å². The SMILES string of the molecule is COc1ccc([Se])c(CN(C)C)c1. The van der Waals surface area contributed by atoms with Crippen LogP contribution in [0.1, 0.15) is 5.56 Å². The summed E-state index contributed by atoms with van der Waals surface area (Å²) in [6.07, 6.45) is 0. The fourth-order valence-electron chi connectivity index (χ4n) is 1.15. The average Bonchev–Trinajstić information content (AvgIpc) is 2.08. The molecule has 1 radical (unpaired) electrons. The third-order valence-corrected chi connectivity index (χ3v) is 2.59. The molecule has 0 spiro atoms. The number of methoxy groups -OCH3 is 1. The second-order valence-electron chi connectivity index (χ2n) is 3.21. The monoisotopic (exact) mass is 244 g/mol. The molecule has 71 valence electrons. The van der Waals surface area contributed by atoms with Gasteiger partial charge < -0.3 is 0 Å². The first-order chi connectivity index (χ1) is 6.13. The van der Waals surface area contributed by atoms with Gasteiger partial charge in [-0.25, -0.2) is 0 Å². The zero-order valence-electron chi connectivity index (χ0n) is 8.20. The van der Waals surface area contributed by atoms with Crippen LogP contribution in [0.5, 0.6) is 5.75 Å². The number of rotatable bonds is 3. The maximum absolute atomic E-state index is 5.16. The molecule has 1 aromatic carbocycles. The Morgan fingerprint density at radius 1 is 1.38 bits per heavy atom. The van der Waals surface area contributed by atoms with Gasteiger partial charge in [-0.15, -0.1) is 0 Å². The van der Waals surface area contributed by atoms with Crippen molar-refractivity contribution in [2.24, 2.45) is 0 Å². The van der Waals surface area contributed by atoms with Gasteiger partial charge in [0.1, 0.15) is 0 Å². The van der Waals surface area contributed by atoms with Crippen LogP contribution < -0.4 is 9.20 Å². The summed E-state index contributed by atoms with van der Waals surface area (Å²) in [7, 11) is 5.80. The van der Waals surface area contributed by atoms with Gasteiger partial charge >= 0.3 is 87.4 Å². The second-order valence-corrected chi connectivity index (χ2v) is 4.13. The second kappa shape index (κ2) is 4.66. The molecule has 0 aliphatic carbocycles. The van der Waals surface area contributed by atoms with Crippen LogP contribution >= 0.6 is 0 Å². The third kappa shape index (κ3) is 3.03. The van der Waals surface area contributed by atoms with Gasteiger partial charge in [-0.3, -0.25) is 0 Å². The van der Waals surface area contributed by atoms with Crippen LogP contribution in [0.2, 0.25) is 0 Å². The molecule has 2 nitrogen and oxygen atoms in total. The van der Waals surface area contributed by atoms with Gasteiger partial charge in [0.05, 0.1) is 0 Å². The van der Waals surface area contributed by atoms with Gasteiger partial charge in [-0.2, -0.15) is 0 Å². The fourth-order valence-corrected chi connectivity index (χ4v) is 1.55. The summed E-state index contributed by atoms with van der Waals surface area (Å²) in [5.41, 5.74) is 1.27. The number of ether oxygens (including phenoxy) is 1. The van der Waals surface area contributed by atoms with Crippen molar-refractivity contribution in [1.29, 1.82) is 0 Å². The van der Waals surface area contributed by atoms with E-state index in [1.165, 1.54) is 10.0 Å². The fraction of sp³-hybridized carbons (Fsp3) is 0.400. The molecular weight excluding hydrogens is 229 g/mol. The molecule has 0 atom stereocenters. The van der Waals surface area contributed by atoms with Crippen LogP contribution in [0, 0.1) is 0 Å². The van der Waals surface area contributed by atoms with E-state index in [9.17, 15) is 0 Å². The number of hydrogen-bond donors (Lipinski definition) is 0. The van der Waals surface area contributed by atoms with Crippen LogP contribution in [-0.2, 0) is 6.54 Å². The molecule has 0 aliphatic rings. The summed E-state index contributed by atoms with van der Waals surface area (Å²) in [4.78, 5) is 2.13. The average molecular weight is 243 g/mol. The van der Waals surface area contributed by atoms with Crippen molar-refractivity contribution in [1.82, 2.24) is 4.90 Å². The Hall–Kier alpha value is -0.501. The molecule has 13 heavy (non-hydrogen) atoms. The Labute approximate surface area is 87.7 Å². The van der Waals surface area contributed by atoms with E-state index in [0.717, 1.165) is 12.3 Å². The Morgan fingerprint density at radius 2 is 2.08 bits per heavy atom. The molecule has 3 heteroatoms. The minimum atomic E-state index is 0.913. The molecular formula is C10H14NOSe. The van der Waals surface area contributed by atoms with Crippen molar-refractivity contribution in [3.05, 3.63) is 23.8 Å². The maximum atomic E-state index is 5.16. The topological polar surface area (TPSA) is 12.5 Å². The number of benzene rings is 1. The summed E-state index contributed by atoms with van der Waals surface area (Å²) in [6.45, 7) is 0.930. The van der Waals surface area contributed by atoms with Crippen molar-refractivity contribution in [3.8, 4) is 5.75 Å². The van der Waals surface area contributed by atoms with E-state index in [0.29, 0.717) is 0 Å². The Morgan fingerprint density at radius 3 is 2.62 bits per heavy atom. The van der Waals surface area contributed by atoms with Gasteiger partial charge in [0, 0.05) is 0 Å². The zero-order chi connectivity index (χ0) is 9.84. The van der Waals surface area contributed by atoms with Gasteiger partial charge in [-0.1, -0.05) is 0 Å². The van der Waals surface area contributed by atoms with Crippen LogP contribution in [0.4, 0.5) is 0 Å². The van der Waals surface area contributed by atoms with Gasteiger partial charge in [0.25, 0.3) is 0 Å². The summed E-state index contributed by atoms with van der Waals surface area (Å²) < 4.78 is 6.35. The van der Waals surface area contributed by atoms with Crippen molar-refractivity contribution in [2.75, 3.05) is 21.2 Å². The van der Waals surface area contributed by atoms with Crippen molar-refractivity contribution in [2.45, 2.75) is 6.54 Å². The molecule has 0 aromatic heterocycles. The zero-order valence-corrected chi connectivity index (χ0v) is 9.92. The minimum absolute atomic E-state index is 0.913. The predicted octanol–water partition coefficient (Wildman–Crippen LogP) is 0.551. The molecule has 0 bridgehead atoms. The van der Waals surface area contributed by atoms with Crippen LogP contribution in [0.25, 0.3) is 0 Å². The predicted molar refractivity (Wildman–Crippen MR) is 55.8 cm³/mol. The number of nitrogens with zero attached hydrogens (tertiary/aromatic N) is 1. The molecule has 0 saturated carbocycles. The Bertz CT molecular complexity index is 286. The molecule has 1 aromatic rings. The molecule has 0 aliphatic heterocycles. The molecule has 0 heterocycles. The Kier molecular flexibility index (Phi) is 3.79. The van der Waals surface area contributed by atoms with E-state index in [-0.39, 0.29) is 0 Å². The van der Waals surface area contributed by atoms with Crippen LogP contribution in [0.15, 0.2) is 18.2 Å². The summed E-state index contributed by atoms with van der Waals surface area (Å²) in [6, 6.07) is 6.06. The van der Waals surface area contributed by atoms with Crippen molar-refractivity contribution in [3.63, 3.8) is 0 Å². The van der Waals surface area contributed by atoms with E-state index in [1.807, 2.05) is 12.1 Å². The van der Waals surface area contributed by atoms with E-state index in [4.69, 9.17) is 4.74 Å². The van der Waals surface area contributed by atoms with Gasteiger partial charge in [0.15, 0.2) is 0 Å². The first kappa shape index (κ1) is 10.6.